The van der Waals surface area contributed by atoms with Crippen molar-refractivity contribution in [2.45, 2.75) is 12.5 Å². The molecule has 0 fully saturated rings. The molecule has 1 unspecified atom stereocenters. The molecule has 4 nitrogen and oxygen atoms in total. The van der Waals surface area contributed by atoms with Gasteiger partial charge >= 0.3 is 0 Å². The van der Waals surface area contributed by atoms with Gasteiger partial charge in [-0.05, 0) is 6.07 Å². The number of nitrogens with zero attached hydrogens (tertiary/aromatic N) is 1. The molecule has 4 N–H and O–H groups in total. The third kappa shape index (κ3) is 1.28. The number of nitrogens with two attached hydrogens (primary N) is 2. The first-order chi connectivity index (χ1) is 6.72. The topological polar surface area (TPSA) is 85.1 Å². The summed E-state index contributed by atoms with van der Waals surface area (Å²) in [5.41, 5.74) is 13.4. The number of ether oxygens (including phenoxy) is 1. The normalized spacial score (nSPS) is 19.3. The minimum atomic E-state index is -0.0335. The van der Waals surface area contributed by atoms with Crippen molar-refractivity contribution in [1.29, 1.82) is 5.26 Å². The van der Waals surface area contributed by atoms with Gasteiger partial charge in [0, 0.05) is 24.1 Å². The fraction of sp³-hybridized carbons (Fsp3) is 0.300. The molecule has 1 atom stereocenters. The third-order valence-electron chi connectivity index (χ3n) is 2.39. The van der Waals surface area contributed by atoms with E-state index in [9.17, 15) is 0 Å². The van der Waals surface area contributed by atoms with Gasteiger partial charge in [0.05, 0.1) is 17.9 Å². The van der Waals surface area contributed by atoms with Crippen molar-refractivity contribution in [3.63, 3.8) is 0 Å². The summed E-state index contributed by atoms with van der Waals surface area (Å²) in [6, 6.07) is 5.37. The van der Waals surface area contributed by atoms with Crippen molar-refractivity contribution >= 4 is 5.69 Å². The lowest BCUT2D eigenvalue weighted by atomic mass is 9.99. The number of anilines is 1. The summed E-state index contributed by atoms with van der Waals surface area (Å²) in [5, 5.41) is 8.77. The van der Waals surface area contributed by atoms with Crippen molar-refractivity contribution in [3.8, 4) is 11.8 Å². The first kappa shape index (κ1) is 8.85. The highest BCUT2D eigenvalue weighted by molar-refractivity contribution is 5.60. The molecule has 0 aromatic heterocycles. The zero-order valence-corrected chi connectivity index (χ0v) is 7.66. The lowest BCUT2D eigenvalue weighted by Gasteiger charge is -2.23. The molecule has 0 amide bonds. The maximum Gasteiger partial charge on any atom is 0.125 e. The Kier molecular flexibility index (Phi) is 2.02. The van der Waals surface area contributed by atoms with E-state index in [2.05, 4.69) is 0 Å². The number of rotatable bonds is 0. The van der Waals surface area contributed by atoms with Crippen LogP contribution in [0.1, 0.15) is 23.6 Å². The molecular weight excluding hydrogens is 178 g/mol. The molecule has 1 aromatic rings. The van der Waals surface area contributed by atoms with Crippen molar-refractivity contribution in [2.75, 3.05) is 12.3 Å². The molecule has 1 aliphatic rings. The molecule has 0 saturated carbocycles. The number of nitrogen functional groups attached to an aromatic ring is 1. The number of hydrogen-bond donors (Lipinski definition) is 2. The minimum Gasteiger partial charge on any atom is -0.493 e. The zero-order chi connectivity index (χ0) is 10.1. The van der Waals surface area contributed by atoms with E-state index in [4.69, 9.17) is 21.5 Å². The summed E-state index contributed by atoms with van der Waals surface area (Å²) in [5.74, 6) is 0.689. The van der Waals surface area contributed by atoms with Crippen LogP contribution in [-0.2, 0) is 0 Å². The Morgan fingerprint density at radius 2 is 2.29 bits per heavy atom. The largest absolute Gasteiger partial charge is 0.493 e. The molecule has 0 spiro atoms. The molecule has 2 rings (SSSR count). The highest BCUT2D eigenvalue weighted by Crippen LogP contribution is 2.33. The third-order valence-corrected chi connectivity index (χ3v) is 2.39. The monoisotopic (exact) mass is 189 g/mol. The number of fused-ring (bicyclic) bond motifs is 1. The van der Waals surface area contributed by atoms with Gasteiger partial charge in [0.2, 0.25) is 0 Å². The summed E-state index contributed by atoms with van der Waals surface area (Å²) < 4.78 is 5.40. The van der Waals surface area contributed by atoms with Crippen LogP contribution in [0.2, 0.25) is 0 Å². The van der Waals surface area contributed by atoms with E-state index in [1.165, 1.54) is 0 Å². The fourth-order valence-corrected chi connectivity index (χ4v) is 1.58. The lowest BCUT2D eigenvalue weighted by molar-refractivity contribution is 0.269. The molecule has 4 heteroatoms. The molecule has 1 aliphatic heterocycles. The van der Waals surface area contributed by atoms with Crippen molar-refractivity contribution in [3.05, 3.63) is 23.3 Å². The summed E-state index contributed by atoms with van der Waals surface area (Å²) in [7, 11) is 0. The Hall–Kier alpha value is -1.73. The van der Waals surface area contributed by atoms with Crippen LogP contribution in [0.5, 0.6) is 5.75 Å². The average Bonchev–Trinajstić information content (AvgIpc) is 2.19. The molecule has 0 bridgehead atoms. The standard InChI is InChI=1S/C10H11N3O/c11-5-6-3-10-7(4-9(6)13)8(12)1-2-14-10/h3-4,8H,1-2,12-13H2. The summed E-state index contributed by atoms with van der Waals surface area (Å²) >= 11 is 0. The molecule has 1 heterocycles. The molecule has 0 radical (unpaired) electrons. The molecule has 0 saturated heterocycles. The molecule has 1 aromatic carbocycles. The van der Waals surface area contributed by atoms with Crippen LogP contribution < -0.4 is 16.2 Å². The highest BCUT2D eigenvalue weighted by Gasteiger charge is 2.19. The summed E-state index contributed by atoms with van der Waals surface area (Å²) in [6.07, 6.45) is 0.790. The van der Waals surface area contributed by atoms with Crippen molar-refractivity contribution in [1.82, 2.24) is 0 Å². The van der Waals surface area contributed by atoms with Crippen LogP contribution in [0.25, 0.3) is 0 Å². The average molecular weight is 189 g/mol. The van der Waals surface area contributed by atoms with Gasteiger partial charge in [-0.3, -0.25) is 0 Å². The van der Waals surface area contributed by atoms with Crippen LogP contribution in [0.15, 0.2) is 12.1 Å². The van der Waals surface area contributed by atoms with Gasteiger partial charge in [-0.1, -0.05) is 0 Å². The number of nitriles is 1. The second kappa shape index (κ2) is 3.20. The van der Waals surface area contributed by atoms with Crippen molar-refractivity contribution < 1.29 is 4.74 Å². The van der Waals surface area contributed by atoms with Gasteiger partial charge in [-0.2, -0.15) is 5.26 Å². The number of benzene rings is 1. The lowest BCUT2D eigenvalue weighted by Crippen LogP contribution is -2.21. The summed E-state index contributed by atoms with van der Waals surface area (Å²) in [6.45, 7) is 0.600. The van der Waals surface area contributed by atoms with Crippen LogP contribution in [0.3, 0.4) is 0 Å². The highest BCUT2D eigenvalue weighted by atomic mass is 16.5. The second-order valence-corrected chi connectivity index (χ2v) is 3.33. The quantitative estimate of drug-likeness (QED) is 0.594. The Labute approximate surface area is 82.1 Å². The van der Waals surface area contributed by atoms with Gasteiger partial charge < -0.3 is 16.2 Å². The molecule has 14 heavy (non-hydrogen) atoms. The van der Waals surface area contributed by atoms with Crippen LogP contribution in [0.4, 0.5) is 5.69 Å². The van der Waals surface area contributed by atoms with E-state index in [1.54, 1.807) is 12.1 Å². The first-order valence-electron chi connectivity index (χ1n) is 4.44. The van der Waals surface area contributed by atoms with Crippen LogP contribution in [-0.4, -0.2) is 6.61 Å². The van der Waals surface area contributed by atoms with Crippen LogP contribution >= 0.6 is 0 Å². The Morgan fingerprint density at radius 3 is 3.00 bits per heavy atom. The number of hydrogen-bond acceptors (Lipinski definition) is 4. The maximum absolute atomic E-state index is 8.77. The van der Waals surface area contributed by atoms with E-state index < -0.39 is 0 Å². The SMILES string of the molecule is N#Cc1cc2c(cc1N)C(N)CCO2. The maximum atomic E-state index is 8.77. The summed E-state index contributed by atoms with van der Waals surface area (Å²) in [4.78, 5) is 0. The van der Waals surface area contributed by atoms with Gasteiger partial charge in [-0.25, -0.2) is 0 Å². The van der Waals surface area contributed by atoms with Gasteiger partial charge in [-0.15, -0.1) is 0 Å². The van der Waals surface area contributed by atoms with E-state index >= 15 is 0 Å². The van der Waals surface area contributed by atoms with E-state index in [0.717, 1.165) is 12.0 Å². The minimum absolute atomic E-state index is 0.0335. The Bertz CT molecular complexity index is 409. The Morgan fingerprint density at radius 1 is 1.50 bits per heavy atom. The predicted molar refractivity (Wildman–Crippen MR) is 52.6 cm³/mol. The molecule has 0 aliphatic carbocycles. The van der Waals surface area contributed by atoms with Gasteiger partial charge in [0.15, 0.2) is 0 Å². The van der Waals surface area contributed by atoms with Gasteiger partial charge in [0.25, 0.3) is 0 Å². The predicted octanol–water partition coefficient (Wildman–Crippen LogP) is 0.923. The van der Waals surface area contributed by atoms with Crippen molar-refractivity contribution in [2.24, 2.45) is 5.73 Å². The van der Waals surface area contributed by atoms with E-state index in [1.807, 2.05) is 6.07 Å². The second-order valence-electron chi connectivity index (χ2n) is 3.33. The molecular formula is C10H11N3O. The Balaban J connectivity index is 2.55. The zero-order valence-electron chi connectivity index (χ0n) is 7.66. The van der Waals surface area contributed by atoms with Gasteiger partial charge in [0.1, 0.15) is 11.8 Å². The van der Waals surface area contributed by atoms with Crippen LogP contribution in [0, 0.1) is 11.3 Å². The fourth-order valence-electron chi connectivity index (χ4n) is 1.58. The van der Waals surface area contributed by atoms with E-state index in [0.29, 0.717) is 23.6 Å². The first-order valence-corrected chi connectivity index (χ1v) is 4.44. The molecule has 72 valence electrons. The van der Waals surface area contributed by atoms with E-state index in [-0.39, 0.29) is 6.04 Å². The smallest absolute Gasteiger partial charge is 0.125 e.